The molecule has 5 heteroatoms. The van der Waals surface area contributed by atoms with Gasteiger partial charge in [-0.25, -0.2) is 4.98 Å². The number of hydrogen-bond acceptors (Lipinski definition) is 3. The Hall–Kier alpha value is -1.78. The molecule has 0 aliphatic carbocycles. The van der Waals surface area contributed by atoms with E-state index in [0.29, 0.717) is 0 Å². The van der Waals surface area contributed by atoms with Gasteiger partial charge in [-0.05, 0) is 0 Å². The van der Waals surface area contributed by atoms with Gasteiger partial charge in [-0.1, -0.05) is 0 Å². The average molecular weight is 149 g/mol. The maximum atomic E-state index is 3.98. The number of aromatic nitrogens is 4. The van der Waals surface area contributed by atoms with Crippen molar-refractivity contribution in [3.63, 3.8) is 0 Å². The smallest absolute Gasteiger partial charge is 0.149 e. The van der Waals surface area contributed by atoms with Gasteiger partial charge in [-0.15, -0.1) is 0 Å². The Kier molecular flexibility index (Phi) is 1.33. The van der Waals surface area contributed by atoms with Crippen LogP contribution in [0.5, 0.6) is 0 Å². The van der Waals surface area contributed by atoms with Gasteiger partial charge in [0.1, 0.15) is 11.6 Å². The summed E-state index contributed by atoms with van der Waals surface area (Å²) in [6, 6.07) is 1.83. The molecule has 0 bridgehead atoms. The van der Waals surface area contributed by atoms with Crippen molar-refractivity contribution >= 4 is 11.6 Å². The van der Waals surface area contributed by atoms with E-state index in [1.54, 1.807) is 18.7 Å². The number of anilines is 2. The van der Waals surface area contributed by atoms with E-state index in [4.69, 9.17) is 0 Å². The van der Waals surface area contributed by atoms with Crippen LogP contribution in [0.1, 0.15) is 0 Å². The highest BCUT2D eigenvalue weighted by atomic mass is 15.2. The minimum absolute atomic E-state index is 0.772. The first-order valence-electron chi connectivity index (χ1n) is 3.20. The quantitative estimate of drug-likeness (QED) is 0.593. The molecule has 11 heavy (non-hydrogen) atoms. The Labute approximate surface area is 62.9 Å². The lowest BCUT2D eigenvalue weighted by molar-refractivity contribution is 1.09. The molecule has 0 aromatic carbocycles. The Balaban J connectivity index is 2.14. The summed E-state index contributed by atoms with van der Waals surface area (Å²) < 4.78 is 0. The van der Waals surface area contributed by atoms with Crippen molar-refractivity contribution in [2.24, 2.45) is 0 Å². The van der Waals surface area contributed by atoms with Crippen molar-refractivity contribution in [1.82, 2.24) is 20.2 Å². The molecule has 0 unspecified atom stereocenters. The van der Waals surface area contributed by atoms with Crippen molar-refractivity contribution < 1.29 is 0 Å². The molecule has 0 fully saturated rings. The van der Waals surface area contributed by atoms with E-state index in [-0.39, 0.29) is 0 Å². The number of H-pyrrole nitrogens is 2. The molecular formula is C6H7N5. The van der Waals surface area contributed by atoms with Crippen molar-refractivity contribution in [1.29, 1.82) is 0 Å². The van der Waals surface area contributed by atoms with E-state index in [9.17, 15) is 0 Å². The lowest BCUT2D eigenvalue weighted by Crippen LogP contribution is -1.89. The lowest BCUT2D eigenvalue weighted by atomic mass is 10.6. The molecule has 0 atom stereocenters. The fourth-order valence-electron chi connectivity index (χ4n) is 0.792. The number of rotatable bonds is 2. The molecular weight excluding hydrogens is 142 g/mol. The summed E-state index contributed by atoms with van der Waals surface area (Å²) >= 11 is 0. The third kappa shape index (κ3) is 1.21. The number of nitrogens with zero attached hydrogens (tertiary/aromatic N) is 2. The van der Waals surface area contributed by atoms with E-state index in [0.717, 1.165) is 11.6 Å². The van der Waals surface area contributed by atoms with E-state index < -0.39 is 0 Å². The number of aromatic amines is 2. The summed E-state index contributed by atoms with van der Waals surface area (Å²) in [7, 11) is 0. The third-order valence-electron chi connectivity index (χ3n) is 1.26. The molecule has 0 saturated heterocycles. The first-order valence-corrected chi connectivity index (χ1v) is 3.20. The third-order valence-corrected chi connectivity index (χ3v) is 1.26. The topological polar surface area (TPSA) is 69.4 Å². The van der Waals surface area contributed by atoms with Gasteiger partial charge in [0.25, 0.3) is 0 Å². The van der Waals surface area contributed by atoms with Gasteiger partial charge in [0.15, 0.2) is 0 Å². The highest BCUT2D eigenvalue weighted by Gasteiger charge is 1.94. The van der Waals surface area contributed by atoms with Crippen LogP contribution in [0.25, 0.3) is 0 Å². The molecule has 0 amide bonds. The monoisotopic (exact) mass is 149 g/mol. The Morgan fingerprint density at radius 2 is 2.45 bits per heavy atom. The van der Waals surface area contributed by atoms with Crippen LogP contribution in [0.3, 0.4) is 0 Å². The van der Waals surface area contributed by atoms with Crippen LogP contribution in [-0.4, -0.2) is 20.2 Å². The summed E-state index contributed by atoms with van der Waals surface area (Å²) in [4.78, 5) is 6.81. The summed E-state index contributed by atoms with van der Waals surface area (Å²) in [5.74, 6) is 1.60. The molecule has 3 N–H and O–H groups in total. The zero-order valence-electron chi connectivity index (χ0n) is 5.70. The van der Waals surface area contributed by atoms with Crippen LogP contribution >= 0.6 is 0 Å². The lowest BCUT2D eigenvalue weighted by Gasteiger charge is -1.94. The van der Waals surface area contributed by atoms with Crippen LogP contribution in [0.15, 0.2) is 24.8 Å². The second-order valence-electron chi connectivity index (χ2n) is 2.05. The van der Waals surface area contributed by atoms with Gasteiger partial charge < -0.3 is 10.3 Å². The highest BCUT2D eigenvalue weighted by molar-refractivity contribution is 5.48. The van der Waals surface area contributed by atoms with E-state index in [1.807, 2.05) is 6.07 Å². The minimum atomic E-state index is 0.772. The summed E-state index contributed by atoms with van der Waals surface area (Å²) in [5.41, 5.74) is 0. The predicted molar refractivity (Wildman–Crippen MR) is 40.5 cm³/mol. The van der Waals surface area contributed by atoms with Gasteiger partial charge in [0.2, 0.25) is 0 Å². The molecule has 0 aliphatic rings. The van der Waals surface area contributed by atoms with Crippen molar-refractivity contribution in [2.45, 2.75) is 0 Å². The number of hydrogen-bond donors (Lipinski definition) is 3. The molecule has 2 aromatic heterocycles. The number of imidazole rings is 1. The fourth-order valence-corrected chi connectivity index (χ4v) is 0.792. The fraction of sp³-hybridized carbons (Fsp3) is 0. The van der Waals surface area contributed by atoms with Crippen LogP contribution in [0.4, 0.5) is 11.6 Å². The summed E-state index contributed by atoms with van der Waals surface area (Å²) in [6.07, 6.45) is 5.05. The van der Waals surface area contributed by atoms with Crippen LogP contribution in [-0.2, 0) is 0 Å². The molecule has 2 rings (SSSR count). The average Bonchev–Trinajstić information content (AvgIpc) is 2.60. The van der Waals surface area contributed by atoms with Crippen molar-refractivity contribution in [2.75, 3.05) is 5.32 Å². The van der Waals surface area contributed by atoms with Gasteiger partial charge in [0.05, 0.1) is 12.5 Å². The zero-order valence-corrected chi connectivity index (χ0v) is 5.70. The van der Waals surface area contributed by atoms with E-state index in [1.165, 1.54) is 0 Å². The molecule has 0 saturated carbocycles. The van der Waals surface area contributed by atoms with E-state index >= 15 is 0 Å². The molecule has 2 aromatic rings. The highest BCUT2D eigenvalue weighted by Crippen LogP contribution is 2.07. The molecule has 0 spiro atoms. The van der Waals surface area contributed by atoms with Crippen LogP contribution in [0.2, 0.25) is 0 Å². The van der Waals surface area contributed by atoms with Crippen molar-refractivity contribution in [3.05, 3.63) is 24.8 Å². The van der Waals surface area contributed by atoms with Crippen molar-refractivity contribution in [3.8, 4) is 0 Å². The van der Waals surface area contributed by atoms with Gasteiger partial charge >= 0.3 is 0 Å². The second kappa shape index (κ2) is 2.45. The Morgan fingerprint density at radius 1 is 1.45 bits per heavy atom. The molecule has 0 radical (unpaired) electrons. The molecule has 56 valence electrons. The normalized spacial score (nSPS) is 9.82. The maximum absolute atomic E-state index is 3.98. The van der Waals surface area contributed by atoms with Gasteiger partial charge in [0, 0.05) is 12.3 Å². The Bertz CT molecular complexity index is 263. The van der Waals surface area contributed by atoms with E-state index in [2.05, 4.69) is 25.5 Å². The summed E-state index contributed by atoms with van der Waals surface area (Å²) in [5, 5.41) is 9.54. The first kappa shape index (κ1) is 5.96. The molecule has 0 aliphatic heterocycles. The maximum Gasteiger partial charge on any atom is 0.149 e. The van der Waals surface area contributed by atoms with Crippen LogP contribution < -0.4 is 5.32 Å². The molecule has 5 nitrogen and oxygen atoms in total. The first-order chi connectivity index (χ1) is 5.45. The van der Waals surface area contributed by atoms with Crippen LogP contribution in [0, 0.1) is 0 Å². The minimum Gasteiger partial charge on any atom is -0.349 e. The zero-order chi connectivity index (χ0) is 7.52. The number of nitrogens with one attached hydrogen (secondary N) is 3. The molecule has 2 heterocycles. The SMILES string of the molecule is c1cc(Nc2c[nH]cn2)[nH]n1. The van der Waals surface area contributed by atoms with Gasteiger partial charge in [-0.2, -0.15) is 5.10 Å². The van der Waals surface area contributed by atoms with Gasteiger partial charge in [-0.3, -0.25) is 5.10 Å². The predicted octanol–water partition coefficient (Wildman–Crippen LogP) is 0.876. The standard InChI is InChI=1S/C6H7N5/c1-2-9-11-5(1)10-6-3-7-4-8-6/h1-4H,(H,7,8)(H2,9,10,11). The second-order valence-corrected chi connectivity index (χ2v) is 2.05. The Morgan fingerprint density at radius 3 is 3.09 bits per heavy atom. The summed E-state index contributed by atoms with van der Waals surface area (Å²) in [6.45, 7) is 0. The largest absolute Gasteiger partial charge is 0.349 e.